The van der Waals surface area contributed by atoms with Gasteiger partial charge in [-0.2, -0.15) is 0 Å². The monoisotopic (exact) mass is 278 g/mol. The van der Waals surface area contributed by atoms with Crippen molar-refractivity contribution in [1.82, 2.24) is 15.3 Å². The molecular weight excluding hydrogens is 263 g/mol. The van der Waals surface area contributed by atoms with Crippen molar-refractivity contribution in [3.63, 3.8) is 0 Å². The van der Waals surface area contributed by atoms with Crippen molar-refractivity contribution in [2.75, 3.05) is 19.5 Å². The zero-order valence-electron chi connectivity index (χ0n) is 11.4. The normalized spacial score (nSPS) is 12.0. The number of aromatic nitrogens is 2. The Morgan fingerprint density at radius 2 is 2.15 bits per heavy atom. The standard InChI is InChI=1S/C13H15FN4O2/c1-7(13(19)15-2)18-12-8-4-11(20-3)9(14)5-10(8)16-6-17-12/h4-7H,1-3H3,(H,15,19)(H,16,17,18)/t7-/m1/s1. The number of likely N-dealkylation sites (N-methyl/N-ethyl adjacent to an activating group) is 1. The largest absolute Gasteiger partial charge is 0.494 e. The molecule has 7 heteroatoms. The van der Waals surface area contributed by atoms with Crippen LogP contribution in [0.2, 0.25) is 0 Å². The lowest BCUT2D eigenvalue weighted by atomic mass is 10.2. The first-order valence-electron chi connectivity index (χ1n) is 6.03. The summed E-state index contributed by atoms with van der Waals surface area (Å²) in [5.74, 6) is -0.123. The second-order valence-electron chi connectivity index (χ2n) is 4.21. The Morgan fingerprint density at radius 3 is 2.80 bits per heavy atom. The van der Waals surface area contributed by atoms with Gasteiger partial charge in [0.15, 0.2) is 11.6 Å². The predicted octanol–water partition coefficient (Wildman–Crippen LogP) is 1.32. The Hall–Kier alpha value is -2.44. The number of carbonyl (C=O) groups excluding carboxylic acids is 1. The highest BCUT2D eigenvalue weighted by molar-refractivity contribution is 5.92. The maximum atomic E-state index is 13.6. The van der Waals surface area contributed by atoms with Gasteiger partial charge in [0.05, 0.1) is 12.6 Å². The molecule has 0 bridgehead atoms. The third kappa shape index (κ3) is 2.61. The van der Waals surface area contributed by atoms with E-state index < -0.39 is 11.9 Å². The zero-order valence-corrected chi connectivity index (χ0v) is 11.4. The highest BCUT2D eigenvalue weighted by Crippen LogP contribution is 2.27. The average molecular weight is 278 g/mol. The fourth-order valence-electron chi connectivity index (χ4n) is 1.82. The molecule has 106 valence electrons. The summed E-state index contributed by atoms with van der Waals surface area (Å²) >= 11 is 0. The summed E-state index contributed by atoms with van der Waals surface area (Å²) in [5.41, 5.74) is 0.435. The molecule has 2 rings (SSSR count). The van der Waals surface area contributed by atoms with Crippen LogP contribution in [0.25, 0.3) is 10.9 Å². The number of ether oxygens (including phenoxy) is 1. The van der Waals surface area contributed by atoms with Gasteiger partial charge < -0.3 is 15.4 Å². The number of hydrogen-bond donors (Lipinski definition) is 2. The number of hydrogen-bond acceptors (Lipinski definition) is 5. The Morgan fingerprint density at radius 1 is 1.40 bits per heavy atom. The number of halogens is 1. The molecule has 0 radical (unpaired) electrons. The molecule has 2 N–H and O–H groups in total. The van der Waals surface area contributed by atoms with Gasteiger partial charge in [-0.15, -0.1) is 0 Å². The van der Waals surface area contributed by atoms with Crippen molar-refractivity contribution in [2.45, 2.75) is 13.0 Å². The van der Waals surface area contributed by atoms with Crippen LogP contribution in [0, 0.1) is 5.82 Å². The molecule has 0 saturated heterocycles. The molecule has 0 aliphatic heterocycles. The summed E-state index contributed by atoms with van der Waals surface area (Å²) in [6.45, 7) is 1.70. The second-order valence-corrected chi connectivity index (χ2v) is 4.21. The maximum absolute atomic E-state index is 13.6. The van der Waals surface area contributed by atoms with E-state index >= 15 is 0 Å². The molecule has 1 heterocycles. The van der Waals surface area contributed by atoms with Crippen LogP contribution in [0.5, 0.6) is 5.75 Å². The minimum absolute atomic E-state index is 0.1000. The van der Waals surface area contributed by atoms with Crippen LogP contribution in [0.1, 0.15) is 6.92 Å². The third-order valence-corrected chi connectivity index (χ3v) is 2.90. The van der Waals surface area contributed by atoms with Crippen molar-refractivity contribution >= 4 is 22.6 Å². The van der Waals surface area contributed by atoms with Crippen LogP contribution in [0.4, 0.5) is 10.2 Å². The van der Waals surface area contributed by atoms with E-state index in [1.165, 1.54) is 25.6 Å². The third-order valence-electron chi connectivity index (χ3n) is 2.90. The first-order chi connectivity index (χ1) is 9.56. The van der Waals surface area contributed by atoms with E-state index in [0.29, 0.717) is 16.7 Å². The van der Waals surface area contributed by atoms with Gasteiger partial charge in [-0.1, -0.05) is 0 Å². The molecule has 0 spiro atoms. The molecule has 20 heavy (non-hydrogen) atoms. The van der Waals surface area contributed by atoms with Gasteiger partial charge in [-0.25, -0.2) is 14.4 Å². The summed E-state index contributed by atoms with van der Waals surface area (Å²) < 4.78 is 18.6. The smallest absolute Gasteiger partial charge is 0.241 e. The number of fused-ring (bicyclic) bond motifs is 1. The Bertz CT molecular complexity index is 648. The van der Waals surface area contributed by atoms with Crippen LogP contribution >= 0.6 is 0 Å². The number of rotatable bonds is 4. The number of anilines is 1. The fraction of sp³-hybridized carbons (Fsp3) is 0.308. The molecule has 1 aromatic carbocycles. The fourth-order valence-corrected chi connectivity index (χ4v) is 1.82. The number of benzene rings is 1. The van der Waals surface area contributed by atoms with Crippen LogP contribution in [0.15, 0.2) is 18.5 Å². The van der Waals surface area contributed by atoms with E-state index in [0.717, 1.165) is 0 Å². The van der Waals surface area contributed by atoms with Gasteiger partial charge in [0.1, 0.15) is 18.2 Å². The van der Waals surface area contributed by atoms with Crippen LogP contribution < -0.4 is 15.4 Å². The van der Waals surface area contributed by atoms with Gasteiger partial charge in [0, 0.05) is 18.5 Å². The second kappa shape index (κ2) is 5.68. The highest BCUT2D eigenvalue weighted by atomic mass is 19.1. The van der Waals surface area contributed by atoms with Gasteiger partial charge in [-0.05, 0) is 13.0 Å². The number of amides is 1. The van der Waals surface area contributed by atoms with Crippen molar-refractivity contribution < 1.29 is 13.9 Å². The number of nitrogens with zero attached hydrogens (tertiary/aromatic N) is 2. The lowest BCUT2D eigenvalue weighted by Gasteiger charge is -2.14. The van der Waals surface area contributed by atoms with Crippen LogP contribution in [-0.4, -0.2) is 36.1 Å². The molecule has 1 amide bonds. The molecule has 0 unspecified atom stereocenters. The average Bonchev–Trinajstić information content (AvgIpc) is 2.45. The number of carbonyl (C=O) groups is 1. The van der Waals surface area contributed by atoms with Crippen LogP contribution in [-0.2, 0) is 4.79 Å². The molecule has 2 aromatic rings. The molecule has 0 aliphatic carbocycles. The SMILES string of the molecule is CNC(=O)[C@@H](C)Nc1ncnc2cc(F)c(OC)cc12. The van der Waals surface area contributed by atoms with Gasteiger partial charge in [0.2, 0.25) is 5.91 Å². The van der Waals surface area contributed by atoms with Crippen LogP contribution in [0.3, 0.4) is 0 Å². The summed E-state index contributed by atoms with van der Waals surface area (Å²) in [5, 5.41) is 6.09. The summed E-state index contributed by atoms with van der Waals surface area (Å²) in [7, 11) is 2.94. The Balaban J connectivity index is 2.45. The molecule has 6 nitrogen and oxygen atoms in total. The summed E-state index contributed by atoms with van der Waals surface area (Å²) in [6.07, 6.45) is 1.31. The zero-order chi connectivity index (χ0) is 14.7. The van der Waals surface area contributed by atoms with E-state index in [9.17, 15) is 9.18 Å². The molecular formula is C13H15FN4O2. The van der Waals surface area contributed by atoms with E-state index in [2.05, 4.69) is 20.6 Å². The Labute approximate surface area is 115 Å². The molecule has 0 aliphatic rings. The number of methoxy groups -OCH3 is 1. The lowest BCUT2D eigenvalue weighted by molar-refractivity contribution is -0.121. The highest BCUT2D eigenvalue weighted by Gasteiger charge is 2.15. The van der Waals surface area contributed by atoms with E-state index in [-0.39, 0.29) is 11.7 Å². The van der Waals surface area contributed by atoms with Crippen molar-refractivity contribution in [3.8, 4) is 5.75 Å². The van der Waals surface area contributed by atoms with E-state index in [4.69, 9.17) is 4.74 Å². The van der Waals surface area contributed by atoms with Gasteiger partial charge in [0.25, 0.3) is 0 Å². The van der Waals surface area contributed by atoms with Crippen molar-refractivity contribution in [3.05, 3.63) is 24.3 Å². The molecule has 0 saturated carbocycles. The van der Waals surface area contributed by atoms with Gasteiger partial charge in [-0.3, -0.25) is 4.79 Å². The lowest BCUT2D eigenvalue weighted by Crippen LogP contribution is -2.35. The summed E-state index contributed by atoms with van der Waals surface area (Å²) in [4.78, 5) is 19.6. The number of nitrogens with one attached hydrogen (secondary N) is 2. The topological polar surface area (TPSA) is 76.1 Å². The quantitative estimate of drug-likeness (QED) is 0.882. The first-order valence-corrected chi connectivity index (χ1v) is 6.03. The predicted molar refractivity (Wildman–Crippen MR) is 73.2 cm³/mol. The molecule has 0 fully saturated rings. The molecule has 1 atom stereocenters. The maximum Gasteiger partial charge on any atom is 0.241 e. The Kier molecular flexibility index (Phi) is 3.97. The summed E-state index contributed by atoms with van der Waals surface area (Å²) in [6, 6.07) is 2.30. The minimum Gasteiger partial charge on any atom is -0.494 e. The van der Waals surface area contributed by atoms with E-state index in [1.807, 2.05) is 0 Å². The minimum atomic E-state index is -0.496. The molecule has 1 aromatic heterocycles. The van der Waals surface area contributed by atoms with Crippen molar-refractivity contribution in [1.29, 1.82) is 0 Å². The van der Waals surface area contributed by atoms with E-state index in [1.54, 1.807) is 14.0 Å². The first kappa shape index (κ1) is 14.0. The van der Waals surface area contributed by atoms with Gasteiger partial charge >= 0.3 is 0 Å². The van der Waals surface area contributed by atoms with Crippen molar-refractivity contribution in [2.24, 2.45) is 0 Å².